The molecule has 0 spiro atoms. The van der Waals surface area contributed by atoms with E-state index in [4.69, 9.17) is 5.11 Å². The van der Waals surface area contributed by atoms with Crippen molar-refractivity contribution in [3.8, 4) is 0 Å². The maximum absolute atomic E-state index is 11.1. The van der Waals surface area contributed by atoms with Gasteiger partial charge in [-0.05, 0) is 42.4 Å². The summed E-state index contributed by atoms with van der Waals surface area (Å²) >= 11 is 3.01. The Morgan fingerprint density at radius 3 is 2.78 bits per heavy atom. The molecule has 1 unspecified atom stereocenters. The van der Waals surface area contributed by atoms with E-state index in [0.717, 1.165) is 5.56 Å². The molecule has 0 aliphatic carbocycles. The second-order valence-electron chi connectivity index (χ2n) is 4.19. The highest BCUT2D eigenvalue weighted by Crippen LogP contribution is 2.26. The molecule has 0 aliphatic heterocycles. The van der Waals surface area contributed by atoms with E-state index in [1.165, 1.54) is 16.2 Å². The number of carboxylic acids is 1. The van der Waals surface area contributed by atoms with Crippen molar-refractivity contribution in [2.45, 2.75) is 19.5 Å². The van der Waals surface area contributed by atoms with Crippen LogP contribution in [0.15, 0.2) is 29.0 Å². The van der Waals surface area contributed by atoms with Crippen molar-refractivity contribution in [2.24, 2.45) is 0 Å². The van der Waals surface area contributed by atoms with Crippen LogP contribution in [0, 0.1) is 0 Å². The first-order chi connectivity index (χ1) is 8.59. The molecule has 1 N–H and O–H groups in total. The second kappa shape index (κ2) is 5.65. The standard InChI is InChI=1S/C13H15NO2S2/c1-9(11-4-3-6-17-11)14(2)8-10-5-7-18-12(10)13(15)16/h3-7,9H,8H2,1-2H3,(H,15,16). The van der Waals surface area contributed by atoms with Crippen LogP contribution >= 0.6 is 22.7 Å². The van der Waals surface area contributed by atoms with Crippen LogP contribution in [0.4, 0.5) is 0 Å². The highest BCUT2D eigenvalue weighted by atomic mass is 32.1. The van der Waals surface area contributed by atoms with E-state index in [1.807, 2.05) is 24.6 Å². The lowest BCUT2D eigenvalue weighted by atomic mass is 10.2. The number of carboxylic acid groups (broad SMARTS) is 1. The fraction of sp³-hybridized carbons (Fsp3) is 0.308. The van der Waals surface area contributed by atoms with Gasteiger partial charge in [0.15, 0.2) is 0 Å². The molecule has 2 aromatic rings. The number of aromatic carboxylic acids is 1. The monoisotopic (exact) mass is 281 g/mol. The van der Waals surface area contributed by atoms with Crippen molar-refractivity contribution in [1.82, 2.24) is 4.90 Å². The van der Waals surface area contributed by atoms with Crippen LogP contribution in [0.2, 0.25) is 0 Å². The van der Waals surface area contributed by atoms with E-state index in [0.29, 0.717) is 17.5 Å². The third-order valence-corrected chi connectivity index (χ3v) is 4.96. The van der Waals surface area contributed by atoms with Crippen LogP contribution in [0.5, 0.6) is 0 Å². The molecule has 0 bridgehead atoms. The summed E-state index contributed by atoms with van der Waals surface area (Å²) in [6, 6.07) is 6.34. The lowest BCUT2D eigenvalue weighted by Gasteiger charge is -2.23. The summed E-state index contributed by atoms with van der Waals surface area (Å²) in [5.41, 5.74) is 0.887. The smallest absolute Gasteiger partial charge is 0.346 e. The number of carbonyl (C=O) groups is 1. The number of hydrogen-bond donors (Lipinski definition) is 1. The van der Waals surface area contributed by atoms with Crippen LogP contribution in [0.25, 0.3) is 0 Å². The highest BCUT2D eigenvalue weighted by molar-refractivity contribution is 7.12. The molecule has 2 heterocycles. The Morgan fingerprint density at radius 2 is 2.17 bits per heavy atom. The van der Waals surface area contributed by atoms with Crippen LogP contribution in [-0.4, -0.2) is 23.0 Å². The fourth-order valence-electron chi connectivity index (χ4n) is 1.80. The van der Waals surface area contributed by atoms with Crippen LogP contribution < -0.4 is 0 Å². The van der Waals surface area contributed by atoms with Gasteiger partial charge in [0, 0.05) is 17.5 Å². The number of thiophene rings is 2. The van der Waals surface area contributed by atoms with Crippen LogP contribution in [0.3, 0.4) is 0 Å². The largest absolute Gasteiger partial charge is 0.477 e. The van der Waals surface area contributed by atoms with Crippen molar-refractivity contribution >= 4 is 28.6 Å². The van der Waals surface area contributed by atoms with Gasteiger partial charge in [-0.1, -0.05) is 6.07 Å². The second-order valence-corrected chi connectivity index (χ2v) is 6.08. The first kappa shape index (κ1) is 13.3. The Kier molecular flexibility index (Phi) is 4.16. The summed E-state index contributed by atoms with van der Waals surface area (Å²) < 4.78 is 0. The minimum atomic E-state index is -0.836. The SMILES string of the molecule is CC(c1cccs1)N(C)Cc1ccsc1C(=O)O. The predicted molar refractivity (Wildman–Crippen MR) is 75.5 cm³/mol. The van der Waals surface area contributed by atoms with E-state index in [9.17, 15) is 4.79 Å². The van der Waals surface area contributed by atoms with Gasteiger partial charge in [0.25, 0.3) is 0 Å². The first-order valence-corrected chi connectivity index (χ1v) is 7.39. The summed E-state index contributed by atoms with van der Waals surface area (Å²) in [6.07, 6.45) is 0. The van der Waals surface area contributed by atoms with Gasteiger partial charge in [0.05, 0.1) is 0 Å². The minimum absolute atomic E-state index is 0.298. The van der Waals surface area contributed by atoms with Gasteiger partial charge in [-0.3, -0.25) is 4.90 Å². The zero-order valence-electron chi connectivity index (χ0n) is 10.3. The molecule has 0 amide bonds. The fourth-order valence-corrected chi connectivity index (χ4v) is 3.40. The molecule has 3 nitrogen and oxygen atoms in total. The van der Waals surface area contributed by atoms with Gasteiger partial charge in [-0.15, -0.1) is 22.7 Å². The molecule has 1 atom stereocenters. The summed E-state index contributed by atoms with van der Waals surface area (Å²) in [5, 5.41) is 13.0. The van der Waals surface area contributed by atoms with E-state index < -0.39 is 5.97 Å². The number of hydrogen-bond acceptors (Lipinski definition) is 4. The normalized spacial score (nSPS) is 12.8. The molecule has 18 heavy (non-hydrogen) atoms. The Bertz CT molecular complexity index is 519. The zero-order chi connectivity index (χ0) is 13.1. The summed E-state index contributed by atoms with van der Waals surface area (Å²) in [4.78, 5) is 15.0. The topological polar surface area (TPSA) is 40.5 Å². The third kappa shape index (κ3) is 2.80. The maximum atomic E-state index is 11.1. The Morgan fingerprint density at radius 1 is 1.39 bits per heavy atom. The summed E-state index contributed by atoms with van der Waals surface area (Å²) in [7, 11) is 2.02. The van der Waals surface area contributed by atoms with Crippen molar-refractivity contribution < 1.29 is 9.90 Å². The van der Waals surface area contributed by atoms with Crippen molar-refractivity contribution in [3.05, 3.63) is 44.3 Å². The van der Waals surface area contributed by atoms with E-state index >= 15 is 0 Å². The zero-order valence-corrected chi connectivity index (χ0v) is 11.9. The first-order valence-electron chi connectivity index (χ1n) is 5.63. The molecule has 0 aromatic carbocycles. The Hall–Kier alpha value is -1.17. The Balaban J connectivity index is 2.09. The molecule has 5 heteroatoms. The van der Waals surface area contributed by atoms with Crippen molar-refractivity contribution in [3.63, 3.8) is 0 Å². The Labute approximate surface area is 114 Å². The number of nitrogens with zero attached hydrogens (tertiary/aromatic N) is 1. The molecular formula is C13H15NO2S2. The summed E-state index contributed by atoms with van der Waals surface area (Å²) in [6.45, 7) is 2.79. The van der Waals surface area contributed by atoms with Crippen molar-refractivity contribution in [1.29, 1.82) is 0 Å². The van der Waals surface area contributed by atoms with E-state index in [-0.39, 0.29) is 0 Å². The molecule has 0 aliphatic rings. The van der Waals surface area contributed by atoms with E-state index in [1.54, 1.807) is 11.3 Å². The maximum Gasteiger partial charge on any atom is 0.346 e. The van der Waals surface area contributed by atoms with Gasteiger partial charge in [0.1, 0.15) is 4.88 Å². The minimum Gasteiger partial charge on any atom is -0.477 e. The highest BCUT2D eigenvalue weighted by Gasteiger charge is 2.17. The predicted octanol–water partition coefficient (Wildman–Crippen LogP) is 3.70. The van der Waals surface area contributed by atoms with Crippen LogP contribution in [0.1, 0.15) is 33.1 Å². The van der Waals surface area contributed by atoms with Gasteiger partial charge in [-0.2, -0.15) is 0 Å². The third-order valence-electron chi connectivity index (χ3n) is 2.98. The molecule has 0 saturated carbocycles. The van der Waals surface area contributed by atoms with Gasteiger partial charge in [0.2, 0.25) is 0 Å². The average molecular weight is 281 g/mol. The molecule has 0 fully saturated rings. The molecular weight excluding hydrogens is 266 g/mol. The van der Waals surface area contributed by atoms with Crippen LogP contribution in [-0.2, 0) is 6.54 Å². The summed E-state index contributed by atoms with van der Waals surface area (Å²) in [5.74, 6) is -0.836. The lowest BCUT2D eigenvalue weighted by molar-refractivity contribution is 0.0700. The average Bonchev–Trinajstić information content (AvgIpc) is 2.98. The molecule has 0 saturated heterocycles. The quantitative estimate of drug-likeness (QED) is 0.908. The lowest BCUT2D eigenvalue weighted by Crippen LogP contribution is -2.21. The van der Waals surface area contributed by atoms with Crippen molar-refractivity contribution in [2.75, 3.05) is 7.05 Å². The molecule has 96 valence electrons. The molecule has 2 rings (SSSR count). The van der Waals surface area contributed by atoms with Gasteiger partial charge >= 0.3 is 5.97 Å². The molecule has 2 aromatic heterocycles. The number of rotatable bonds is 5. The van der Waals surface area contributed by atoms with Gasteiger partial charge in [-0.25, -0.2) is 4.79 Å². The van der Waals surface area contributed by atoms with E-state index in [2.05, 4.69) is 23.3 Å². The molecule has 0 radical (unpaired) electrons. The van der Waals surface area contributed by atoms with Gasteiger partial charge < -0.3 is 5.11 Å².